The van der Waals surface area contributed by atoms with Crippen LogP contribution in [0.25, 0.3) is 0 Å². The molecule has 0 saturated heterocycles. The zero-order valence-corrected chi connectivity index (χ0v) is 14.3. The van der Waals surface area contributed by atoms with Gasteiger partial charge in [-0.3, -0.25) is 10.1 Å². The molecule has 0 heterocycles. The Kier molecular flexibility index (Phi) is 5.00. The van der Waals surface area contributed by atoms with E-state index in [9.17, 15) is 22.9 Å². The van der Waals surface area contributed by atoms with Crippen LogP contribution in [0, 0.1) is 29.8 Å². The molecule has 0 fully saturated rings. The molecule has 24 heavy (non-hydrogen) atoms. The van der Waals surface area contributed by atoms with Crippen LogP contribution in [0.4, 0.5) is 10.1 Å². The molecule has 2 aromatic carbocycles. The molecule has 6 nitrogen and oxygen atoms in total. The molecule has 0 radical (unpaired) electrons. The van der Waals surface area contributed by atoms with E-state index in [0.29, 0.717) is 16.7 Å². The molecule has 2 aromatic rings. The van der Waals surface area contributed by atoms with Crippen molar-refractivity contribution in [3.8, 4) is 0 Å². The van der Waals surface area contributed by atoms with Gasteiger partial charge in [-0.25, -0.2) is 12.8 Å². The van der Waals surface area contributed by atoms with Gasteiger partial charge in [0.25, 0.3) is 5.69 Å². The van der Waals surface area contributed by atoms with Crippen molar-refractivity contribution in [2.45, 2.75) is 25.3 Å². The topological polar surface area (TPSA) is 80.5 Å². The predicted octanol–water partition coefficient (Wildman–Crippen LogP) is 3.17. The van der Waals surface area contributed by atoms with Gasteiger partial charge in [0.2, 0.25) is 10.0 Å². The van der Waals surface area contributed by atoms with Gasteiger partial charge in [-0.1, -0.05) is 12.1 Å². The SMILES string of the molecule is Cc1cc([N+](=O)[O-])cc(S(=O)(=O)N(C)Cc2cccc(F)c2)c1C. The third-order valence-electron chi connectivity index (χ3n) is 3.80. The fourth-order valence-electron chi connectivity index (χ4n) is 2.33. The highest BCUT2D eigenvalue weighted by molar-refractivity contribution is 7.89. The second-order valence-electron chi connectivity index (χ2n) is 5.53. The molecule has 0 spiro atoms. The maximum Gasteiger partial charge on any atom is 0.271 e. The number of nitro groups is 1. The molecule has 0 aromatic heterocycles. The van der Waals surface area contributed by atoms with Crippen molar-refractivity contribution >= 4 is 15.7 Å². The number of nitrogens with zero attached hydrogens (tertiary/aromatic N) is 2. The van der Waals surface area contributed by atoms with Crippen LogP contribution in [0.15, 0.2) is 41.3 Å². The molecule has 0 atom stereocenters. The van der Waals surface area contributed by atoms with Crippen molar-refractivity contribution in [2.24, 2.45) is 0 Å². The molecule has 0 N–H and O–H groups in total. The fourth-order valence-corrected chi connectivity index (χ4v) is 3.80. The van der Waals surface area contributed by atoms with Crippen LogP contribution in [0.2, 0.25) is 0 Å². The Labute approximate surface area is 139 Å². The average Bonchev–Trinajstić information content (AvgIpc) is 2.49. The first kappa shape index (κ1) is 18.0. The van der Waals surface area contributed by atoms with Gasteiger partial charge < -0.3 is 0 Å². The largest absolute Gasteiger partial charge is 0.271 e. The van der Waals surface area contributed by atoms with Crippen molar-refractivity contribution in [1.29, 1.82) is 0 Å². The van der Waals surface area contributed by atoms with Gasteiger partial charge in [0.15, 0.2) is 0 Å². The molecule has 0 aliphatic rings. The summed E-state index contributed by atoms with van der Waals surface area (Å²) in [7, 11) is -2.60. The minimum Gasteiger partial charge on any atom is -0.258 e. The van der Waals surface area contributed by atoms with Crippen molar-refractivity contribution < 1.29 is 17.7 Å². The fraction of sp³-hybridized carbons (Fsp3) is 0.250. The lowest BCUT2D eigenvalue weighted by molar-refractivity contribution is -0.385. The molecule has 8 heteroatoms. The molecule has 0 aliphatic heterocycles. The smallest absolute Gasteiger partial charge is 0.258 e. The summed E-state index contributed by atoms with van der Waals surface area (Å²) >= 11 is 0. The summed E-state index contributed by atoms with van der Waals surface area (Å²) < 4.78 is 39.9. The van der Waals surface area contributed by atoms with E-state index in [2.05, 4.69) is 0 Å². The second kappa shape index (κ2) is 6.66. The summed E-state index contributed by atoms with van der Waals surface area (Å²) in [5.74, 6) is -0.458. The lowest BCUT2D eigenvalue weighted by Gasteiger charge is -2.19. The van der Waals surface area contributed by atoms with E-state index in [4.69, 9.17) is 0 Å². The van der Waals surface area contributed by atoms with Crippen molar-refractivity contribution in [3.05, 3.63) is 69.0 Å². The number of hydrogen-bond acceptors (Lipinski definition) is 4. The minimum atomic E-state index is -3.95. The molecule has 0 unspecified atom stereocenters. The Bertz CT molecular complexity index is 897. The summed E-state index contributed by atoms with van der Waals surface area (Å²) in [6, 6.07) is 8.01. The van der Waals surface area contributed by atoms with Gasteiger partial charge in [-0.05, 0) is 42.7 Å². The monoisotopic (exact) mass is 352 g/mol. The number of aryl methyl sites for hydroxylation is 1. The van der Waals surface area contributed by atoms with Gasteiger partial charge in [0.05, 0.1) is 9.82 Å². The highest BCUT2D eigenvalue weighted by atomic mass is 32.2. The van der Waals surface area contributed by atoms with Crippen LogP contribution in [-0.2, 0) is 16.6 Å². The van der Waals surface area contributed by atoms with E-state index < -0.39 is 20.8 Å². The Balaban J connectivity index is 2.44. The first-order chi connectivity index (χ1) is 11.1. The number of hydrogen-bond donors (Lipinski definition) is 0. The highest BCUT2D eigenvalue weighted by Crippen LogP contribution is 2.28. The van der Waals surface area contributed by atoms with E-state index in [0.717, 1.165) is 10.4 Å². The summed E-state index contributed by atoms with van der Waals surface area (Å²) in [5, 5.41) is 11.0. The van der Waals surface area contributed by atoms with Crippen LogP contribution in [-0.4, -0.2) is 24.7 Å². The zero-order chi connectivity index (χ0) is 18.1. The zero-order valence-electron chi connectivity index (χ0n) is 13.5. The van der Waals surface area contributed by atoms with Crippen molar-refractivity contribution in [3.63, 3.8) is 0 Å². The minimum absolute atomic E-state index is 0.0404. The number of sulfonamides is 1. The summed E-state index contributed by atoms with van der Waals surface area (Å²) in [6.45, 7) is 3.18. The maximum absolute atomic E-state index is 13.3. The van der Waals surface area contributed by atoms with Gasteiger partial charge in [0.1, 0.15) is 5.82 Å². The second-order valence-corrected chi connectivity index (χ2v) is 7.55. The van der Waals surface area contributed by atoms with Crippen LogP contribution in [0.1, 0.15) is 16.7 Å². The Hall–Kier alpha value is -2.32. The highest BCUT2D eigenvalue weighted by Gasteiger charge is 2.26. The summed E-state index contributed by atoms with van der Waals surface area (Å²) in [4.78, 5) is 10.3. The molecule has 0 aliphatic carbocycles. The lowest BCUT2D eigenvalue weighted by Crippen LogP contribution is -2.27. The van der Waals surface area contributed by atoms with E-state index in [1.165, 1.54) is 31.3 Å². The molecular weight excluding hydrogens is 335 g/mol. The molecule has 2 rings (SSSR count). The van der Waals surface area contributed by atoms with Crippen molar-refractivity contribution in [1.82, 2.24) is 4.31 Å². The van der Waals surface area contributed by atoms with E-state index >= 15 is 0 Å². The quantitative estimate of drug-likeness (QED) is 0.611. The van der Waals surface area contributed by atoms with E-state index in [1.54, 1.807) is 19.9 Å². The third-order valence-corrected chi connectivity index (χ3v) is 5.73. The number of rotatable bonds is 5. The Morgan fingerprint density at radius 2 is 1.88 bits per heavy atom. The molecule has 128 valence electrons. The van der Waals surface area contributed by atoms with Gasteiger partial charge in [0, 0.05) is 25.7 Å². The van der Waals surface area contributed by atoms with Crippen LogP contribution < -0.4 is 0 Å². The Morgan fingerprint density at radius 1 is 1.21 bits per heavy atom. The van der Waals surface area contributed by atoms with Crippen LogP contribution in [0.5, 0.6) is 0 Å². The first-order valence-corrected chi connectivity index (χ1v) is 8.53. The van der Waals surface area contributed by atoms with Crippen molar-refractivity contribution in [2.75, 3.05) is 7.05 Å². The number of halogens is 1. The normalized spacial score (nSPS) is 11.7. The maximum atomic E-state index is 13.3. The summed E-state index contributed by atoms with van der Waals surface area (Å²) in [5.41, 5.74) is 1.17. The van der Waals surface area contributed by atoms with Gasteiger partial charge in [-0.15, -0.1) is 0 Å². The lowest BCUT2D eigenvalue weighted by atomic mass is 10.1. The van der Waals surface area contributed by atoms with Gasteiger partial charge in [-0.2, -0.15) is 4.31 Å². The Morgan fingerprint density at radius 3 is 2.46 bits per heavy atom. The number of non-ortho nitro benzene ring substituents is 1. The molecule has 0 bridgehead atoms. The van der Waals surface area contributed by atoms with Crippen LogP contribution >= 0.6 is 0 Å². The molecule has 0 saturated carbocycles. The van der Waals surface area contributed by atoms with E-state index in [1.807, 2.05) is 0 Å². The number of nitro benzene ring substituents is 1. The standard InChI is InChI=1S/C16H17FN2O4S/c1-11-7-15(19(20)21)9-16(12(11)2)24(22,23)18(3)10-13-5-4-6-14(17)8-13/h4-9H,10H2,1-3H3. The number of benzene rings is 2. The van der Waals surface area contributed by atoms with Gasteiger partial charge >= 0.3 is 0 Å². The van der Waals surface area contributed by atoms with Crippen LogP contribution in [0.3, 0.4) is 0 Å². The van der Waals surface area contributed by atoms with E-state index in [-0.39, 0.29) is 17.1 Å². The first-order valence-electron chi connectivity index (χ1n) is 7.09. The molecule has 0 amide bonds. The average molecular weight is 352 g/mol. The predicted molar refractivity (Wildman–Crippen MR) is 87.6 cm³/mol. The molecular formula is C16H17FN2O4S. The third kappa shape index (κ3) is 3.60. The summed E-state index contributed by atoms with van der Waals surface area (Å²) in [6.07, 6.45) is 0.